The molecule has 16 heavy (non-hydrogen) atoms. The second-order valence-corrected chi connectivity index (χ2v) is 5.81. The van der Waals surface area contributed by atoms with Gasteiger partial charge in [-0.3, -0.25) is 0 Å². The monoisotopic (exact) mass is 224 g/mol. The van der Waals surface area contributed by atoms with Crippen molar-refractivity contribution in [2.75, 3.05) is 26.7 Å². The van der Waals surface area contributed by atoms with Crippen LogP contribution in [0, 0.1) is 0 Å². The summed E-state index contributed by atoms with van der Waals surface area (Å²) in [6, 6.07) is 1.65. The second kappa shape index (κ2) is 6.02. The molecule has 2 rings (SSSR count). The Hall–Kier alpha value is -0.0800. The fraction of sp³-hybridized carbons (Fsp3) is 1.00. The van der Waals surface area contributed by atoms with Crippen LogP contribution in [-0.4, -0.2) is 48.6 Å². The molecule has 0 bridgehead atoms. The minimum Gasteiger partial charge on any atom is -0.303 e. The van der Waals surface area contributed by atoms with E-state index in [1.165, 1.54) is 64.6 Å². The van der Waals surface area contributed by atoms with Crippen LogP contribution in [0.3, 0.4) is 0 Å². The van der Waals surface area contributed by atoms with Gasteiger partial charge in [0.1, 0.15) is 0 Å². The largest absolute Gasteiger partial charge is 0.303 e. The van der Waals surface area contributed by atoms with Crippen LogP contribution in [0.2, 0.25) is 0 Å². The normalized spacial score (nSPS) is 31.5. The summed E-state index contributed by atoms with van der Waals surface area (Å²) < 4.78 is 0. The van der Waals surface area contributed by atoms with Crippen LogP contribution in [-0.2, 0) is 0 Å². The summed E-state index contributed by atoms with van der Waals surface area (Å²) in [5, 5.41) is 0. The van der Waals surface area contributed by atoms with Crippen LogP contribution in [0.4, 0.5) is 0 Å². The Bertz CT molecular complexity index is 199. The van der Waals surface area contributed by atoms with Gasteiger partial charge in [0.25, 0.3) is 0 Å². The molecule has 0 saturated carbocycles. The van der Waals surface area contributed by atoms with Crippen LogP contribution >= 0.6 is 0 Å². The Morgan fingerprint density at radius 2 is 1.69 bits per heavy atom. The quantitative estimate of drug-likeness (QED) is 0.727. The standard InChI is InChI=1S/C14H28N2/c1-13(16-10-5-3-6-11-16)12-14-8-4-7-9-15(14)2/h13-14H,3-12H2,1-2H3. The Morgan fingerprint density at radius 1 is 1.00 bits per heavy atom. The smallest absolute Gasteiger partial charge is 0.0107 e. The topological polar surface area (TPSA) is 6.48 Å². The number of nitrogens with zero attached hydrogens (tertiary/aromatic N) is 2. The van der Waals surface area contributed by atoms with Crippen LogP contribution in [0.1, 0.15) is 51.9 Å². The van der Waals surface area contributed by atoms with E-state index in [1.54, 1.807) is 0 Å². The van der Waals surface area contributed by atoms with Crippen molar-refractivity contribution in [1.82, 2.24) is 9.80 Å². The highest BCUT2D eigenvalue weighted by Gasteiger charge is 2.24. The minimum atomic E-state index is 0.797. The number of piperidine rings is 2. The van der Waals surface area contributed by atoms with E-state index in [0.29, 0.717) is 0 Å². The van der Waals surface area contributed by atoms with Crippen molar-refractivity contribution in [1.29, 1.82) is 0 Å². The second-order valence-electron chi connectivity index (χ2n) is 5.81. The van der Waals surface area contributed by atoms with Gasteiger partial charge in [-0.1, -0.05) is 12.8 Å². The molecule has 2 aliphatic heterocycles. The molecule has 2 atom stereocenters. The summed E-state index contributed by atoms with van der Waals surface area (Å²) in [7, 11) is 2.31. The third kappa shape index (κ3) is 3.21. The molecule has 0 aliphatic carbocycles. The highest BCUT2D eigenvalue weighted by Crippen LogP contribution is 2.22. The molecule has 0 aromatic rings. The average molecular weight is 224 g/mol. The van der Waals surface area contributed by atoms with Gasteiger partial charge in [0.15, 0.2) is 0 Å². The summed E-state index contributed by atoms with van der Waals surface area (Å²) in [5.74, 6) is 0. The molecule has 2 aliphatic rings. The van der Waals surface area contributed by atoms with Gasteiger partial charge < -0.3 is 9.80 Å². The molecule has 0 N–H and O–H groups in total. The fourth-order valence-corrected chi connectivity index (χ4v) is 3.34. The Labute approximate surface area is 101 Å². The predicted octanol–water partition coefficient (Wildman–Crippen LogP) is 2.74. The molecule has 2 fully saturated rings. The maximum Gasteiger partial charge on any atom is 0.0107 e. The zero-order valence-corrected chi connectivity index (χ0v) is 11.1. The van der Waals surface area contributed by atoms with Gasteiger partial charge >= 0.3 is 0 Å². The first-order valence-electron chi connectivity index (χ1n) is 7.21. The van der Waals surface area contributed by atoms with E-state index in [4.69, 9.17) is 0 Å². The van der Waals surface area contributed by atoms with E-state index in [-0.39, 0.29) is 0 Å². The first kappa shape index (κ1) is 12.4. The molecule has 0 radical (unpaired) electrons. The van der Waals surface area contributed by atoms with Gasteiger partial charge in [-0.25, -0.2) is 0 Å². The SMILES string of the molecule is CC(CC1CCCCN1C)N1CCCCC1. The summed E-state index contributed by atoms with van der Waals surface area (Å²) in [6.07, 6.45) is 9.96. The highest BCUT2D eigenvalue weighted by atomic mass is 15.2. The molecule has 0 aromatic heterocycles. The van der Waals surface area contributed by atoms with Gasteiger partial charge in [0.2, 0.25) is 0 Å². The van der Waals surface area contributed by atoms with Crippen molar-refractivity contribution in [2.45, 2.75) is 64.0 Å². The molecule has 2 nitrogen and oxygen atoms in total. The minimum absolute atomic E-state index is 0.797. The number of rotatable bonds is 3. The van der Waals surface area contributed by atoms with Gasteiger partial charge in [-0.2, -0.15) is 0 Å². The van der Waals surface area contributed by atoms with Crippen LogP contribution in [0.5, 0.6) is 0 Å². The van der Waals surface area contributed by atoms with Crippen LogP contribution < -0.4 is 0 Å². The molecule has 0 aromatic carbocycles. The summed E-state index contributed by atoms with van der Waals surface area (Å²) >= 11 is 0. The number of hydrogen-bond acceptors (Lipinski definition) is 2. The lowest BCUT2D eigenvalue weighted by Gasteiger charge is -2.38. The summed E-state index contributed by atoms with van der Waals surface area (Å²) in [5.41, 5.74) is 0. The lowest BCUT2D eigenvalue weighted by atomic mass is 9.95. The average Bonchev–Trinajstić information content (AvgIpc) is 2.33. The lowest BCUT2D eigenvalue weighted by Crippen LogP contribution is -2.44. The van der Waals surface area contributed by atoms with Gasteiger partial charge in [0, 0.05) is 12.1 Å². The van der Waals surface area contributed by atoms with Crippen molar-refractivity contribution < 1.29 is 0 Å². The third-order valence-corrected chi connectivity index (χ3v) is 4.55. The van der Waals surface area contributed by atoms with Crippen molar-refractivity contribution >= 4 is 0 Å². The first-order valence-corrected chi connectivity index (χ1v) is 7.21. The van der Waals surface area contributed by atoms with Gasteiger partial charge in [0.05, 0.1) is 0 Å². The number of likely N-dealkylation sites (tertiary alicyclic amines) is 2. The van der Waals surface area contributed by atoms with E-state index in [2.05, 4.69) is 23.8 Å². The molecular weight excluding hydrogens is 196 g/mol. The molecule has 0 amide bonds. The molecule has 2 unspecified atom stereocenters. The van der Waals surface area contributed by atoms with E-state index in [9.17, 15) is 0 Å². The molecule has 2 saturated heterocycles. The van der Waals surface area contributed by atoms with Gasteiger partial charge in [-0.15, -0.1) is 0 Å². The van der Waals surface area contributed by atoms with Crippen molar-refractivity contribution in [3.63, 3.8) is 0 Å². The first-order chi connectivity index (χ1) is 7.77. The fourth-order valence-electron chi connectivity index (χ4n) is 3.34. The van der Waals surface area contributed by atoms with Crippen molar-refractivity contribution in [3.05, 3.63) is 0 Å². The molecule has 2 heteroatoms. The summed E-state index contributed by atoms with van der Waals surface area (Å²) in [6.45, 7) is 6.44. The Morgan fingerprint density at radius 3 is 2.38 bits per heavy atom. The van der Waals surface area contributed by atoms with E-state index in [0.717, 1.165) is 12.1 Å². The molecule has 0 spiro atoms. The Balaban J connectivity index is 1.78. The maximum absolute atomic E-state index is 2.71. The zero-order chi connectivity index (χ0) is 11.4. The predicted molar refractivity (Wildman–Crippen MR) is 69.8 cm³/mol. The Kier molecular flexibility index (Phi) is 4.66. The molecule has 94 valence electrons. The summed E-state index contributed by atoms with van der Waals surface area (Å²) in [4.78, 5) is 5.30. The number of hydrogen-bond donors (Lipinski definition) is 0. The third-order valence-electron chi connectivity index (χ3n) is 4.55. The van der Waals surface area contributed by atoms with Crippen molar-refractivity contribution in [3.8, 4) is 0 Å². The van der Waals surface area contributed by atoms with Gasteiger partial charge in [-0.05, 0) is 65.7 Å². The molecule has 2 heterocycles. The highest BCUT2D eigenvalue weighted by molar-refractivity contribution is 4.80. The van der Waals surface area contributed by atoms with E-state index < -0.39 is 0 Å². The van der Waals surface area contributed by atoms with Crippen LogP contribution in [0.15, 0.2) is 0 Å². The molecular formula is C14H28N2. The van der Waals surface area contributed by atoms with Crippen molar-refractivity contribution in [2.24, 2.45) is 0 Å². The maximum atomic E-state index is 2.71. The van der Waals surface area contributed by atoms with Crippen LogP contribution in [0.25, 0.3) is 0 Å². The lowest BCUT2D eigenvalue weighted by molar-refractivity contribution is 0.109. The van der Waals surface area contributed by atoms with E-state index >= 15 is 0 Å². The zero-order valence-electron chi connectivity index (χ0n) is 11.1. The van der Waals surface area contributed by atoms with E-state index in [1.807, 2.05) is 0 Å².